The lowest BCUT2D eigenvalue weighted by Gasteiger charge is -1.98. The Hall–Kier alpha value is -0.590. The van der Waals surface area contributed by atoms with Gasteiger partial charge in [-0.2, -0.15) is 0 Å². The number of halogens is 1. The van der Waals surface area contributed by atoms with E-state index in [9.17, 15) is 4.39 Å². The Morgan fingerprint density at radius 2 is 2.00 bits per heavy atom. The highest BCUT2D eigenvalue weighted by atomic mass is 19.1. The molecule has 0 aromatic carbocycles. The summed E-state index contributed by atoms with van der Waals surface area (Å²) < 4.78 is 12.8. The molecule has 0 aromatic rings. The molecule has 0 atom stereocenters. The molecule has 0 aliphatic carbocycles. The Kier molecular flexibility index (Phi) is 4.91. The minimum absolute atomic E-state index is 0.0793. The number of allylic oxidation sites excluding steroid dienone is 4. The van der Waals surface area contributed by atoms with Gasteiger partial charge in [-0.1, -0.05) is 26.0 Å². The van der Waals surface area contributed by atoms with Crippen molar-refractivity contribution in [2.24, 2.45) is 0 Å². The lowest BCUT2D eigenvalue weighted by atomic mass is 10.1. The van der Waals surface area contributed by atoms with Gasteiger partial charge >= 0.3 is 0 Å². The van der Waals surface area contributed by atoms with Crippen LogP contribution in [0.2, 0.25) is 0 Å². The van der Waals surface area contributed by atoms with Crippen molar-refractivity contribution in [3.05, 3.63) is 23.6 Å². The summed E-state index contributed by atoms with van der Waals surface area (Å²) in [6, 6.07) is 0. The lowest BCUT2D eigenvalue weighted by Crippen LogP contribution is -1.80. The van der Waals surface area contributed by atoms with Crippen LogP contribution in [0.25, 0.3) is 0 Å². The maximum atomic E-state index is 12.8. The molecule has 0 aliphatic rings. The molecule has 0 aliphatic heterocycles. The molecule has 0 spiro atoms. The smallest absolute Gasteiger partial charge is 0.121 e. The van der Waals surface area contributed by atoms with Crippen molar-refractivity contribution in [1.82, 2.24) is 0 Å². The van der Waals surface area contributed by atoms with Gasteiger partial charge in [0, 0.05) is 0 Å². The van der Waals surface area contributed by atoms with E-state index in [0.717, 1.165) is 18.4 Å². The van der Waals surface area contributed by atoms with Crippen LogP contribution in [-0.2, 0) is 0 Å². The molecule has 0 unspecified atom stereocenters. The molecule has 0 aromatic heterocycles. The van der Waals surface area contributed by atoms with E-state index >= 15 is 0 Å². The van der Waals surface area contributed by atoms with Gasteiger partial charge in [0.2, 0.25) is 0 Å². The zero-order valence-corrected chi connectivity index (χ0v) is 6.95. The Bertz CT molecular complexity index is 143. The van der Waals surface area contributed by atoms with Crippen LogP contribution in [0.15, 0.2) is 23.6 Å². The number of hydrogen-bond donors (Lipinski definition) is 0. The zero-order chi connectivity index (χ0) is 7.98. The molecule has 0 radical (unpaired) electrons. The number of rotatable bonds is 3. The van der Waals surface area contributed by atoms with Crippen molar-refractivity contribution in [2.75, 3.05) is 0 Å². The Morgan fingerprint density at radius 3 is 2.30 bits per heavy atom. The first-order chi connectivity index (χ1) is 4.76. The maximum Gasteiger partial charge on any atom is 0.121 e. The summed E-state index contributed by atoms with van der Waals surface area (Å²) in [6.45, 7) is 5.69. The molecule has 1 heteroatoms. The average Bonchev–Trinajstić information content (AvgIpc) is 1.99. The van der Waals surface area contributed by atoms with Crippen LogP contribution >= 0.6 is 0 Å². The van der Waals surface area contributed by atoms with Gasteiger partial charge < -0.3 is 0 Å². The largest absolute Gasteiger partial charge is 0.207 e. The van der Waals surface area contributed by atoms with E-state index in [4.69, 9.17) is 0 Å². The minimum atomic E-state index is -0.0793. The molecule has 0 saturated heterocycles. The molecule has 0 amide bonds. The highest BCUT2D eigenvalue weighted by molar-refractivity contribution is 5.23. The van der Waals surface area contributed by atoms with Gasteiger partial charge in [0.05, 0.1) is 0 Å². The lowest BCUT2D eigenvalue weighted by molar-refractivity contribution is 0.639. The van der Waals surface area contributed by atoms with Crippen LogP contribution < -0.4 is 0 Å². The van der Waals surface area contributed by atoms with Crippen LogP contribution in [0.5, 0.6) is 0 Å². The normalized spacial score (nSPS) is 14.0. The second-order valence-corrected chi connectivity index (χ2v) is 2.13. The summed E-state index contributed by atoms with van der Waals surface area (Å²) in [4.78, 5) is 0. The first kappa shape index (κ1) is 9.41. The molecule has 0 heterocycles. The van der Waals surface area contributed by atoms with Gasteiger partial charge in [0.15, 0.2) is 0 Å². The summed E-state index contributed by atoms with van der Waals surface area (Å²) in [7, 11) is 0. The monoisotopic (exact) mass is 142 g/mol. The van der Waals surface area contributed by atoms with E-state index in [-0.39, 0.29) is 5.83 Å². The van der Waals surface area contributed by atoms with Crippen LogP contribution in [0.1, 0.15) is 33.6 Å². The third-order valence-electron chi connectivity index (χ3n) is 1.39. The van der Waals surface area contributed by atoms with Crippen molar-refractivity contribution >= 4 is 0 Å². The van der Waals surface area contributed by atoms with E-state index < -0.39 is 0 Å². The highest BCUT2D eigenvalue weighted by Gasteiger charge is 1.97. The molecule has 58 valence electrons. The van der Waals surface area contributed by atoms with E-state index in [0.29, 0.717) is 0 Å². The van der Waals surface area contributed by atoms with E-state index in [1.54, 1.807) is 6.92 Å². The van der Waals surface area contributed by atoms with Gasteiger partial charge in [0.25, 0.3) is 0 Å². The molecule has 0 fully saturated rings. The van der Waals surface area contributed by atoms with Gasteiger partial charge in [0.1, 0.15) is 5.83 Å². The molecule has 10 heavy (non-hydrogen) atoms. The predicted molar refractivity (Wildman–Crippen MR) is 43.5 cm³/mol. The van der Waals surface area contributed by atoms with Crippen molar-refractivity contribution < 1.29 is 4.39 Å². The SMILES string of the molecule is C/C=C(F)\C(=C/CC)CC. The summed E-state index contributed by atoms with van der Waals surface area (Å²) in [5.41, 5.74) is 0.824. The van der Waals surface area contributed by atoms with E-state index in [2.05, 4.69) is 0 Å². The van der Waals surface area contributed by atoms with Gasteiger partial charge in [-0.05, 0) is 25.3 Å². The average molecular weight is 142 g/mol. The fourth-order valence-electron chi connectivity index (χ4n) is 0.843. The van der Waals surface area contributed by atoms with Crippen LogP contribution in [-0.4, -0.2) is 0 Å². The Labute approximate surface area is 62.4 Å². The summed E-state index contributed by atoms with van der Waals surface area (Å²) in [5.74, 6) is -0.0793. The van der Waals surface area contributed by atoms with Crippen LogP contribution in [0, 0.1) is 0 Å². The quantitative estimate of drug-likeness (QED) is 0.528. The van der Waals surface area contributed by atoms with Crippen molar-refractivity contribution in [3.63, 3.8) is 0 Å². The van der Waals surface area contributed by atoms with Crippen molar-refractivity contribution in [2.45, 2.75) is 33.6 Å². The fraction of sp³-hybridized carbons (Fsp3) is 0.556. The van der Waals surface area contributed by atoms with Gasteiger partial charge in [-0.15, -0.1) is 0 Å². The maximum absolute atomic E-state index is 12.8. The second-order valence-electron chi connectivity index (χ2n) is 2.13. The van der Waals surface area contributed by atoms with Crippen LogP contribution in [0.4, 0.5) is 4.39 Å². The third kappa shape index (κ3) is 2.81. The van der Waals surface area contributed by atoms with Gasteiger partial charge in [-0.25, -0.2) is 4.39 Å². The standard InChI is InChI=1S/C9H15F/c1-4-7-8(5-2)9(10)6-3/h6-7H,4-5H2,1-3H3/b8-7-,9-6+. The van der Waals surface area contributed by atoms with Crippen molar-refractivity contribution in [1.29, 1.82) is 0 Å². The van der Waals surface area contributed by atoms with Crippen LogP contribution in [0.3, 0.4) is 0 Å². The molecule has 0 saturated carbocycles. The fourth-order valence-corrected chi connectivity index (χ4v) is 0.843. The predicted octanol–water partition coefficient (Wildman–Crippen LogP) is 3.61. The second kappa shape index (κ2) is 5.21. The Morgan fingerprint density at radius 1 is 1.40 bits per heavy atom. The molecule has 0 rings (SSSR count). The first-order valence-corrected chi connectivity index (χ1v) is 3.77. The van der Waals surface area contributed by atoms with E-state index in [1.807, 2.05) is 19.9 Å². The Balaban J connectivity index is 4.21. The molecular weight excluding hydrogens is 127 g/mol. The summed E-state index contributed by atoms with van der Waals surface area (Å²) in [5, 5.41) is 0. The van der Waals surface area contributed by atoms with Crippen molar-refractivity contribution in [3.8, 4) is 0 Å². The molecule has 0 N–H and O–H groups in total. The summed E-state index contributed by atoms with van der Waals surface area (Å²) >= 11 is 0. The topological polar surface area (TPSA) is 0 Å². The van der Waals surface area contributed by atoms with Gasteiger partial charge in [-0.3, -0.25) is 0 Å². The third-order valence-corrected chi connectivity index (χ3v) is 1.39. The zero-order valence-electron chi connectivity index (χ0n) is 6.95. The molecule has 0 nitrogen and oxygen atoms in total. The molecular formula is C9H15F. The first-order valence-electron chi connectivity index (χ1n) is 3.77. The number of hydrogen-bond acceptors (Lipinski definition) is 0. The van der Waals surface area contributed by atoms with E-state index in [1.165, 1.54) is 6.08 Å². The highest BCUT2D eigenvalue weighted by Crippen LogP contribution is 2.15. The minimum Gasteiger partial charge on any atom is -0.207 e. The molecule has 0 bridgehead atoms. The summed E-state index contributed by atoms with van der Waals surface area (Å²) in [6.07, 6.45) is 5.12.